The van der Waals surface area contributed by atoms with Crippen LogP contribution in [0.2, 0.25) is 0 Å². The van der Waals surface area contributed by atoms with Crippen LogP contribution in [-0.2, 0) is 0 Å². The average Bonchev–Trinajstić information content (AvgIpc) is 2.69. The number of aliphatic imine (C=N–C) groups is 1. The third-order valence-corrected chi connectivity index (χ3v) is 4.28. The molecule has 0 saturated carbocycles. The van der Waals surface area contributed by atoms with Crippen LogP contribution in [0.1, 0.15) is 5.69 Å². The summed E-state index contributed by atoms with van der Waals surface area (Å²) in [4.78, 5) is 19.1. The Morgan fingerprint density at radius 2 is 1.90 bits per heavy atom. The predicted molar refractivity (Wildman–Crippen MR) is 109 cm³/mol. The van der Waals surface area contributed by atoms with Gasteiger partial charge >= 0.3 is 12.2 Å². The van der Waals surface area contributed by atoms with Crippen molar-refractivity contribution < 1.29 is 31.5 Å². The number of carbonyl (C=O) groups is 1. The summed E-state index contributed by atoms with van der Waals surface area (Å²) in [7, 11) is 1.12. The molecule has 0 aliphatic carbocycles. The lowest BCUT2D eigenvalue weighted by atomic mass is 10.2. The summed E-state index contributed by atoms with van der Waals surface area (Å²) in [5.41, 5.74) is -0.835. The molecule has 2 rings (SSSR count). The highest BCUT2D eigenvalue weighted by Crippen LogP contribution is 2.31. The minimum absolute atomic E-state index is 0.0241. The molecule has 162 valence electrons. The van der Waals surface area contributed by atoms with E-state index in [0.29, 0.717) is 6.08 Å². The summed E-state index contributed by atoms with van der Waals surface area (Å²) in [5, 5.41) is 12.6. The molecule has 0 spiro atoms. The molecule has 0 fully saturated rings. The minimum atomic E-state index is -4.65. The number of halogens is 6. The van der Waals surface area contributed by atoms with Gasteiger partial charge in [-0.2, -0.15) is 18.4 Å². The molecule has 0 aliphatic heterocycles. The van der Waals surface area contributed by atoms with Gasteiger partial charge in [-0.15, -0.1) is 0 Å². The number of rotatable bonds is 4. The van der Waals surface area contributed by atoms with Gasteiger partial charge in [-0.1, -0.05) is 0 Å². The Morgan fingerprint density at radius 1 is 1.26 bits per heavy atom. The standard InChI is InChI=1S/C18H11F5IN5O2/c1-26-15(7-14(24)18(21,22)23)28-17(30)29-16-12(19)5-11(6-13(16)20)31-10-2-3-27-9(4-10)8-25/h2-7H,1H3,(H2,26,28,29,30)/b14-7-. The van der Waals surface area contributed by atoms with Crippen LogP contribution in [0.15, 0.2) is 45.1 Å². The summed E-state index contributed by atoms with van der Waals surface area (Å²) < 4.78 is 70.5. The number of pyridine rings is 1. The molecule has 1 aromatic carbocycles. The van der Waals surface area contributed by atoms with E-state index in [2.05, 4.69) is 9.98 Å². The molecule has 1 heterocycles. The molecule has 0 aliphatic rings. The van der Waals surface area contributed by atoms with Gasteiger partial charge in [-0.05, 0) is 34.7 Å². The molecule has 2 amide bonds. The van der Waals surface area contributed by atoms with Gasteiger partial charge in [0.1, 0.15) is 34.8 Å². The lowest BCUT2D eigenvalue weighted by molar-refractivity contribution is -0.0816. The van der Waals surface area contributed by atoms with Crippen molar-refractivity contribution in [3.8, 4) is 17.6 Å². The quantitative estimate of drug-likeness (QED) is 0.241. The van der Waals surface area contributed by atoms with Crippen LogP contribution in [-0.4, -0.2) is 30.1 Å². The molecule has 31 heavy (non-hydrogen) atoms. The highest BCUT2D eigenvalue weighted by atomic mass is 127. The zero-order valence-electron chi connectivity index (χ0n) is 15.4. The fraction of sp³-hybridized carbons (Fsp3) is 0.111. The number of amides is 2. The lowest BCUT2D eigenvalue weighted by Crippen LogP contribution is -2.34. The van der Waals surface area contributed by atoms with Crippen LogP contribution >= 0.6 is 22.6 Å². The van der Waals surface area contributed by atoms with Gasteiger partial charge < -0.3 is 10.1 Å². The van der Waals surface area contributed by atoms with E-state index in [1.54, 1.807) is 6.07 Å². The number of aromatic nitrogens is 1. The first kappa shape index (κ1) is 24.0. The molecule has 0 atom stereocenters. The Balaban J connectivity index is 2.15. The molecule has 2 aromatic rings. The van der Waals surface area contributed by atoms with Crippen LogP contribution in [0.3, 0.4) is 0 Å². The summed E-state index contributed by atoms with van der Waals surface area (Å²) in [5.74, 6) is -3.08. The van der Waals surface area contributed by atoms with Crippen molar-refractivity contribution in [2.75, 3.05) is 12.4 Å². The second-order valence-electron chi connectivity index (χ2n) is 5.53. The van der Waals surface area contributed by atoms with Gasteiger partial charge in [0, 0.05) is 31.4 Å². The van der Waals surface area contributed by atoms with Gasteiger partial charge in [0.2, 0.25) is 0 Å². The Bertz CT molecular complexity index is 1070. The van der Waals surface area contributed by atoms with Gasteiger partial charge in [0.25, 0.3) is 0 Å². The summed E-state index contributed by atoms with van der Waals surface area (Å²) >= 11 is 1.01. The summed E-state index contributed by atoms with van der Waals surface area (Å²) in [6, 6.07) is 4.70. The number of nitrogens with zero attached hydrogens (tertiary/aromatic N) is 3. The Labute approximate surface area is 185 Å². The first-order valence-corrected chi connectivity index (χ1v) is 9.13. The molecule has 0 radical (unpaired) electrons. The van der Waals surface area contributed by atoms with E-state index in [4.69, 9.17) is 10.00 Å². The highest BCUT2D eigenvalue weighted by molar-refractivity contribution is 14.1. The van der Waals surface area contributed by atoms with Crippen molar-refractivity contribution in [3.63, 3.8) is 0 Å². The van der Waals surface area contributed by atoms with E-state index in [9.17, 15) is 26.7 Å². The van der Waals surface area contributed by atoms with Crippen LogP contribution in [0.5, 0.6) is 11.5 Å². The highest BCUT2D eigenvalue weighted by Gasteiger charge is 2.32. The summed E-state index contributed by atoms with van der Waals surface area (Å²) in [6.45, 7) is 0. The number of nitrogens with one attached hydrogen (secondary N) is 2. The SMILES string of the molecule is C/N=C(\C=C(/I)C(F)(F)F)NC(=O)Nc1c(F)cc(Oc2ccnc(C#N)c2)cc1F. The van der Waals surface area contributed by atoms with Crippen LogP contribution in [0.25, 0.3) is 0 Å². The molecule has 2 N–H and O–H groups in total. The van der Waals surface area contributed by atoms with Gasteiger partial charge in [-0.3, -0.25) is 10.3 Å². The average molecular weight is 551 g/mol. The van der Waals surface area contributed by atoms with Crippen molar-refractivity contribution in [2.45, 2.75) is 6.18 Å². The minimum Gasteiger partial charge on any atom is -0.457 e. The third-order valence-electron chi connectivity index (χ3n) is 3.35. The molecule has 7 nitrogen and oxygen atoms in total. The number of amidine groups is 1. The lowest BCUT2D eigenvalue weighted by Gasteiger charge is -2.12. The number of benzene rings is 1. The molecule has 0 bridgehead atoms. The number of hydrogen-bond acceptors (Lipinski definition) is 5. The molecule has 0 saturated heterocycles. The molecular weight excluding hydrogens is 540 g/mol. The van der Waals surface area contributed by atoms with Crippen molar-refractivity contribution in [1.29, 1.82) is 5.26 Å². The van der Waals surface area contributed by atoms with E-state index in [1.807, 2.05) is 10.6 Å². The number of allylic oxidation sites excluding steroid dienone is 1. The Hall–Kier alpha value is -3.28. The zero-order valence-corrected chi connectivity index (χ0v) is 17.5. The predicted octanol–water partition coefficient (Wildman–Crippen LogP) is 5.05. The number of ether oxygens (including phenoxy) is 1. The number of carbonyl (C=O) groups excluding carboxylic acids is 1. The van der Waals surface area contributed by atoms with Crippen LogP contribution in [0, 0.1) is 23.0 Å². The molecule has 1 aromatic heterocycles. The second kappa shape index (κ2) is 10.2. The number of urea groups is 1. The van der Waals surface area contributed by atoms with Crippen molar-refractivity contribution in [2.24, 2.45) is 4.99 Å². The summed E-state index contributed by atoms with van der Waals surface area (Å²) in [6.07, 6.45) is -2.83. The van der Waals surface area contributed by atoms with E-state index in [-0.39, 0.29) is 17.2 Å². The van der Waals surface area contributed by atoms with Crippen molar-refractivity contribution >= 4 is 40.1 Å². The van der Waals surface area contributed by atoms with Crippen LogP contribution in [0.4, 0.5) is 32.4 Å². The largest absolute Gasteiger partial charge is 0.457 e. The maximum absolute atomic E-state index is 14.3. The third kappa shape index (κ3) is 6.88. The number of nitriles is 1. The smallest absolute Gasteiger partial charge is 0.422 e. The maximum Gasteiger partial charge on any atom is 0.422 e. The second-order valence-corrected chi connectivity index (χ2v) is 6.69. The molecule has 0 unspecified atom stereocenters. The number of hydrogen-bond donors (Lipinski definition) is 2. The van der Waals surface area contributed by atoms with Crippen molar-refractivity contribution in [3.05, 3.63) is 57.4 Å². The first-order valence-electron chi connectivity index (χ1n) is 8.05. The number of anilines is 1. The fourth-order valence-electron chi connectivity index (χ4n) is 2.02. The Morgan fingerprint density at radius 3 is 2.45 bits per heavy atom. The monoisotopic (exact) mass is 551 g/mol. The van der Waals surface area contributed by atoms with Crippen LogP contribution < -0.4 is 15.4 Å². The van der Waals surface area contributed by atoms with E-state index < -0.39 is 38.9 Å². The zero-order chi connectivity index (χ0) is 23.2. The van der Waals surface area contributed by atoms with Gasteiger partial charge in [-0.25, -0.2) is 18.6 Å². The van der Waals surface area contributed by atoms with Crippen molar-refractivity contribution in [1.82, 2.24) is 10.3 Å². The van der Waals surface area contributed by atoms with E-state index in [0.717, 1.165) is 41.8 Å². The topological polar surface area (TPSA) is 99.4 Å². The maximum atomic E-state index is 14.3. The molecular formula is C18H11F5IN5O2. The first-order chi connectivity index (χ1) is 14.5. The molecule has 13 heteroatoms. The van der Waals surface area contributed by atoms with Gasteiger partial charge in [0.05, 0.1) is 3.58 Å². The van der Waals surface area contributed by atoms with Gasteiger partial charge in [0.15, 0.2) is 11.6 Å². The number of alkyl halides is 3. The fourth-order valence-corrected chi connectivity index (χ4v) is 2.31. The van der Waals surface area contributed by atoms with E-state index >= 15 is 0 Å². The normalized spacial score (nSPS) is 12.2. The Kier molecular flexibility index (Phi) is 7.86. The van der Waals surface area contributed by atoms with E-state index in [1.165, 1.54) is 18.3 Å².